The van der Waals surface area contributed by atoms with Crippen molar-refractivity contribution < 1.29 is 4.79 Å². The molecule has 1 aromatic rings. The first kappa shape index (κ1) is 24.5. The van der Waals surface area contributed by atoms with Crippen molar-refractivity contribution in [1.82, 2.24) is 10.6 Å². The molecule has 4 nitrogen and oxygen atoms in total. The average Bonchev–Trinajstić information content (AvgIpc) is 2.75. The summed E-state index contributed by atoms with van der Waals surface area (Å²) in [5, 5.41) is 6.50. The summed E-state index contributed by atoms with van der Waals surface area (Å²) >= 11 is 0. The van der Waals surface area contributed by atoms with E-state index < -0.39 is 0 Å². The van der Waals surface area contributed by atoms with Gasteiger partial charge in [-0.1, -0.05) is 66.0 Å². The Morgan fingerprint density at radius 3 is 2.29 bits per heavy atom. The predicted molar refractivity (Wildman–Crippen MR) is 122 cm³/mol. The zero-order valence-electron chi connectivity index (χ0n) is 18.9. The van der Waals surface area contributed by atoms with Gasteiger partial charge in [0, 0.05) is 44.3 Å². The van der Waals surface area contributed by atoms with Crippen LogP contribution in [-0.4, -0.2) is 32.1 Å². The molecule has 28 heavy (non-hydrogen) atoms. The molecule has 0 radical (unpaired) electrons. The summed E-state index contributed by atoms with van der Waals surface area (Å²) in [5.74, 6) is 1.15. The molecule has 0 bridgehead atoms. The summed E-state index contributed by atoms with van der Waals surface area (Å²) in [5.41, 5.74) is 2.46. The van der Waals surface area contributed by atoms with Crippen LogP contribution in [0.4, 0.5) is 5.69 Å². The first-order valence-corrected chi connectivity index (χ1v) is 11.5. The molecule has 2 atom stereocenters. The van der Waals surface area contributed by atoms with Gasteiger partial charge in [-0.15, -0.1) is 0 Å². The van der Waals surface area contributed by atoms with Gasteiger partial charge >= 0.3 is 0 Å². The van der Waals surface area contributed by atoms with Crippen molar-refractivity contribution in [3.05, 3.63) is 29.8 Å². The zero-order valence-corrected chi connectivity index (χ0v) is 18.9. The van der Waals surface area contributed by atoms with Gasteiger partial charge in [0.25, 0.3) is 0 Å². The fourth-order valence-corrected chi connectivity index (χ4v) is 3.75. The van der Waals surface area contributed by atoms with E-state index in [0.29, 0.717) is 12.5 Å². The molecule has 1 amide bonds. The minimum Gasteiger partial charge on any atom is -0.369 e. The van der Waals surface area contributed by atoms with Crippen LogP contribution in [0, 0.1) is 11.8 Å². The second-order valence-corrected chi connectivity index (χ2v) is 7.80. The molecule has 160 valence electrons. The number of nitrogens with one attached hydrogen (secondary N) is 2. The molecule has 2 aliphatic rings. The normalized spacial score (nSPS) is 21.5. The molecule has 1 saturated heterocycles. The first-order chi connectivity index (χ1) is 13.6. The average molecular weight is 390 g/mol. The van der Waals surface area contributed by atoms with E-state index in [1.54, 1.807) is 0 Å². The van der Waals surface area contributed by atoms with Crippen LogP contribution in [0.3, 0.4) is 0 Å². The second-order valence-electron chi connectivity index (χ2n) is 7.80. The van der Waals surface area contributed by atoms with E-state index in [9.17, 15) is 4.79 Å². The quantitative estimate of drug-likeness (QED) is 0.763. The Bertz CT molecular complexity index is 523. The monoisotopic (exact) mass is 389 g/mol. The molecule has 1 aliphatic carbocycles. The zero-order chi connectivity index (χ0) is 20.8. The molecular weight excluding hydrogens is 346 g/mol. The fraction of sp³-hybridized carbons (Fsp3) is 0.708. The number of anilines is 1. The highest BCUT2D eigenvalue weighted by atomic mass is 16.1. The third kappa shape index (κ3) is 8.64. The third-order valence-electron chi connectivity index (χ3n) is 5.19. The molecule has 1 aromatic carbocycles. The number of rotatable bonds is 4. The molecule has 1 heterocycles. The lowest BCUT2D eigenvalue weighted by Crippen LogP contribution is -2.43. The van der Waals surface area contributed by atoms with Crippen LogP contribution in [0.5, 0.6) is 0 Å². The van der Waals surface area contributed by atoms with Gasteiger partial charge in [0.15, 0.2) is 0 Å². The summed E-state index contributed by atoms with van der Waals surface area (Å²) < 4.78 is 0. The summed E-state index contributed by atoms with van der Waals surface area (Å²) in [6.45, 7) is 15.4. The van der Waals surface area contributed by atoms with Crippen LogP contribution in [0.2, 0.25) is 0 Å². The van der Waals surface area contributed by atoms with Crippen molar-refractivity contribution in [3.8, 4) is 0 Å². The van der Waals surface area contributed by atoms with Crippen LogP contribution in [-0.2, 0) is 11.3 Å². The topological polar surface area (TPSA) is 44.4 Å². The Balaban J connectivity index is 0.000000717. The van der Waals surface area contributed by atoms with E-state index in [1.165, 1.54) is 30.5 Å². The van der Waals surface area contributed by atoms with Crippen molar-refractivity contribution >= 4 is 11.6 Å². The van der Waals surface area contributed by atoms with Crippen molar-refractivity contribution in [1.29, 1.82) is 0 Å². The number of benzene rings is 1. The van der Waals surface area contributed by atoms with E-state index in [1.807, 2.05) is 13.8 Å². The Labute approximate surface area is 173 Å². The van der Waals surface area contributed by atoms with Gasteiger partial charge in [0.1, 0.15) is 0 Å². The number of hydrogen-bond acceptors (Lipinski definition) is 3. The fourth-order valence-electron chi connectivity index (χ4n) is 3.75. The number of amides is 1. The largest absolute Gasteiger partial charge is 0.369 e. The maximum atomic E-state index is 12.3. The van der Waals surface area contributed by atoms with E-state index in [2.05, 4.69) is 60.6 Å². The highest BCUT2D eigenvalue weighted by Crippen LogP contribution is 2.28. The van der Waals surface area contributed by atoms with Gasteiger partial charge < -0.3 is 15.5 Å². The number of carbonyl (C=O) groups excluding carboxylic acids is 1. The number of carbonyl (C=O) groups is 1. The molecule has 0 spiro atoms. The second kappa shape index (κ2) is 14.4. The van der Waals surface area contributed by atoms with Crippen molar-refractivity contribution in [3.63, 3.8) is 0 Å². The molecule has 0 aromatic heterocycles. The number of piperazine rings is 1. The van der Waals surface area contributed by atoms with Gasteiger partial charge in [0.2, 0.25) is 5.91 Å². The molecule has 2 fully saturated rings. The highest BCUT2D eigenvalue weighted by Gasteiger charge is 2.24. The Kier molecular flexibility index (Phi) is 12.6. The maximum Gasteiger partial charge on any atom is 0.223 e. The maximum absolute atomic E-state index is 12.3. The summed E-state index contributed by atoms with van der Waals surface area (Å²) in [6.07, 6.45) is 5.82. The standard InChI is InChI=1S/C19H29N3O.C3H8.C2H6/c1-15-3-2-4-17(13-15)19(23)21-14-16-5-7-18(8-6-16)22-11-9-20-10-12-22;1-3-2;1-2/h5-8,15,17,20H,2-4,9-14H2,1H3,(H,21,23);3H2,1-2H3;1-2H3. The lowest BCUT2D eigenvalue weighted by molar-refractivity contribution is -0.126. The third-order valence-corrected chi connectivity index (χ3v) is 5.19. The minimum absolute atomic E-state index is 0.221. The minimum atomic E-state index is 0.221. The van der Waals surface area contributed by atoms with Crippen LogP contribution in [0.25, 0.3) is 0 Å². The lowest BCUT2D eigenvalue weighted by Gasteiger charge is -2.29. The van der Waals surface area contributed by atoms with Gasteiger partial charge in [0.05, 0.1) is 0 Å². The Hall–Kier alpha value is -1.55. The van der Waals surface area contributed by atoms with Crippen LogP contribution < -0.4 is 15.5 Å². The highest BCUT2D eigenvalue weighted by molar-refractivity contribution is 5.78. The SMILES string of the molecule is CC.CC1CCCC(C(=O)NCc2ccc(N3CCNCC3)cc2)C1.CCC. The first-order valence-electron chi connectivity index (χ1n) is 11.5. The van der Waals surface area contributed by atoms with Gasteiger partial charge in [-0.05, 0) is 36.5 Å². The van der Waals surface area contributed by atoms with Crippen LogP contribution in [0.1, 0.15) is 72.3 Å². The van der Waals surface area contributed by atoms with Gasteiger partial charge in [-0.25, -0.2) is 0 Å². The van der Waals surface area contributed by atoms with Crippen molar-refractivity contribution in [2.45, 2.75) is 73.3 Å². The van der Waals surface area contributed by atoms with E-state index >= 15 is 0 Å². The lowest BCUT2D eigenvalue weighted by atomic mass is 9.82. The summed E-state index contributed by atoms with van der Waals surface area (Å²) in [6, 6.07) is 8.63. The van der Waals surface area contributed by atoms with E-state index in [-0.39, 0.29) is 11.8 Å². The van der Waals surface area contributed by atoms with Gasteiger partial charge in [-0.2, -0.15) is 0 Å². The van der Waals surface area contributed by atoms with Crippen molar-refractivity contribution in [2.24, 2.45) is 11.8 Å². The number of nitrogens with zero attached hydrogens (tertiary/aromatic N) is 1. The summed E-state index contributed by atoms with van der Waals surface area (Å²) in [4.78, 5) is 14.7. The summed E-state index contributed by atoms with van der Waals surface area (Å²) in [7, 11) is 0. The molecule has 3 rings (SSSR count). The van der Waals surface area contributed by atoms with Crippen LogP contribution in [0.15, 0.2) is 24.3 Å². The Morgan fingerprint density at radius 2 is 1.71 bits per heavy atom. The smallest absolute Gasteiger partial charge is 0.223 e. The van der Waals surface area contributed by atoms with Gasteiger partial charge in [-0.3, -0.25) is 4.79 Å². The van der Waals surface area contributed by atoms with E-state index in [4.69, 9.17) is 0 Å². The molecule has 4 heteroatoms. The number of hydrogen-bond donors (Lipinski definition) is 2. The van der Waals surface area contributed by atoms with Crippen molar-refractivity contribution in [2.75, 3.05) is 31.1 Å². The van der Waals surface area contributed by atoms with E-state index in [0.717, 1.165) is 39.0 Å². The molecule has 2 N–H and O–H groups in total. The Morgan fingerprint density at radius 1 is 1.11 bits per heavy atom. The predicted octanol–water partition coefficient (Wildman–Crippen LogP) is 4.98. The molecule has 1 aliphatic heterocycles. The molecule has 1 saturated carbocycles. The van der Waals surface area contributed by atoms with Crippen LogP contribution >= 0.6 is 0 Å². The molecule has 2 unspecified atom stereocenters. The molecular formula is C24H43N3O.